The average Bonchev–Trinajstić information content (AvgIpc) is 2.75. The molecular weight excluding hydrogens is 192 g/mol. The second kappa shape index (κ2) is 3.86. The van der Waals surface area contributed by atoms with Crippen LogP contribution in [0.15, 0.2) is 16.7 Å². The lowest BCUT2D eigenvalue weighted by Crippen LogP contribution is -2.03. The molecule has 0 aliphatic rings. The summed E-state index contributed by atoms with van der Waals surface area (Å²) in [5.74, 6) is 0.779. The van der Waals surface area contributed by atoms with Gasteiger partial charge in [0, 0.05) is 18.3 Å². The van der Waals surface area contributed by atoms with Crippen molar-refractivity contribution in [2.24, 2.45) is 5.73 Å². The van der Waals surface area contributed by atoms with E-state index in [1.54, 1.807) is 0 Å². The largest absolute Gasteiger partial charge is 0.359 e. The van der Waals surface area contributed by atoms with Crippen LogP contribution in [0.4, 0.5) is 0 Å². The first-order chi connectivity index (χ1) is 7.19. The first-order valence-corrected chi connectivity index (χ1v) is 4.84. The Morgan fingerprint density at radius 2 is 2.20 bits per heavy atom. The molecule has 0 atom stereocenters. The minimum absolute atomic E-state index is 0.403. The van der Waals surface area contributed by atoms with Crippen LogP contribution < -0.4 is 5.73 Å². The van der Waals surface area contributed by atoms with E-state index < -0.39 is 0 Å². The van der Waals surface area contributed by atoms with Gasteiger partial charge in [0.2, 0.25) is 0 Å². The summed E-state index contributed by atoms with van der Waals surface area (Å²) in [6, 6.07) is 3.89. The highest BCUT2D eigenvalue weighted by Crippen LogP contribution is 2.08. The summed E-state index contributed by atoms with van der Waals surface area (Å²) in [4.78, 5) is 0. The lowest BCUT2D eigenvalue weighted by Gasteiger charge is -1.99. The maximum Gasteiger partial charge on any atom is 0.158 e. The smallest absolute Gasteiger partial charge is 0.158 e. The van der Waals surface area contributed by atoms with E-state index in [1.165, 1.54) is 0 Å². The molecule has 2 heterocycles. The first kappa shape index (κ1) is 9.92. The topological polar surface area (TPSA) is 69.9 Å². The molecule has 2 aromatic rings. The summed E-state index contributed by atoms with van der Waals surface area (Å²) in [6.07, 6.45) is 0. The summed E-state index contributed by atoms with van der Waals surface area (Å²) in [5, 5.41) is 8.16. The summed E-state index contributed by atoms with van der Waals surface area (Å²) in [6.45, 7) is 4.99. The molecule has 0 saturated carbocycles. The van der Waals surface area contributed by atoms with Crippen LogP contribution >= 0.6 is 0 Å². The van der Waals surface area contributed by atoms with Gasteiger partial charge < -0.3 is 10.3 Å². The van der Waals surface area contributed by atoms with Gasteiger partial charge in [0.05, 0.1) is 11.4 Å². The van der Waals surface area contributed by atoms with Crippen LogP contribution in [0.3, 0.4) is 0 Å². The van der Waals surface area contributed by atoms with Crippen molar-refractivity contribution in [1.29, 1.82) is 0 Å². The SMILES string of the molecule is Cc1cc(C)n(Cc2cc(CN)no2)n1. The molecule has 0 amide bonds. The summed E-state index contributed by atoms with van der Waals surface area (Å²) < 4.78 is 7.02. The fourth-order valence-corrected chi connectivity index (χ4v) is 1.51. The minimum Gasteiger partial charge on any atom is -0.359 e. The summed E-state index contributed by atoms with van der Waals surface area (Å²) in [5.41, 5.74) is 8.33. The van der Waals surface area contributed by atoms with Crippen molar-refractivity contribution in [3.8, 4) is 0 Å². The van der Waals surface area contributed by atoms with Gasteiger partial charge in [-0.2, -0.15) is 5.10 Å². The molecule has 80 valence electrons. The predicted octanol–water partition coefficient (Wildman–Crippen LogP) is 0.995. The minimum atomic E-state index is 0.403. The Labute approximate surface area is 87.9 Å². The molecule has 5 nitrogen and oxygen atoms in total. The van der Waals surface area contributed by atoms with Crippen molar-refractivity contribution >= 4 is 0 Å². The van der Waals surface area contributed by atoms with Gasteiger partial charge in [0.1, 0.15) is 6.54 Å². The summed E-state index contributed by atoms with van der Waals surface area (Å²) in [7, 11) is 0. The molecule has 0 aliphatic heterocycles. The Morgan fingerprint density at radius 3 is 2.73 bits per heavy atom. The third-order valence-corrected chi connectivity index (χ3v) is 2.23. The third kappa shape index (κ3) is 2.07. The highest BCUT2D eigenvalue weighted by Gasteiger charge is 2.06. The van der Waals surface area contributed by atoms with Crippen LogP contribution in [0.2, 0.25) is 0 Å². The Morgan fingerprint density at radius 1 is 1.40 bits per heavy atom. The van der Waals surface area contributed by atoms with Gasteiger partial charge in [0.15, 0.2) is 5.76 Å². The van der Waals surface area contributed by atoms with Gasteiger partial charge in [-0.15, -0.1) is 0 Å². The molecule has 0 aliphatic carbocycles. The molecule has 0 spiro atoms. The maximum absolute atomic E-state index is 5.45. The normalized spacial score (nSPS) is 10.9. The highest BCUT2D eigenvalue weighted by molar-refractivity contribution is 5.10. The Hall–Kier alpha value is -1.62. The van der Waals surface area contributed by atoms with E-state index in [0.29, 0.717) is 13.1 Å². The van der Waals surface area contributed by atoms with E-state index in [9.17, 15) is 0 Å². The number of rotatable bonds is 3. The Kier molecular flexibility index (Phi) is 2.55. The van der Waals surface area contributed by atoms with Crippen LogP contribution in [0, 0.1) is 13.8 Å². The number of nitrogens with zero attached hydrogens (tertiary/aromatic N) is 3. The monoisotopic (exact) mass is 206 g/mol. The van der Waals surface area contributed by atoms with Crippen molar-refractivity contribution in [2.45, 2.75) is 26.9 Å². The van der Waals surface area contributed by atoms with E-state index in [4.69, 9.17) is 10.3 Å². The van der Waals surface area contributed by atoms with Gasteiger partial charge in [-0.05, 0) is 19.9 Å². The molecule has 2 N–H and O–H groups in total. The lowest BCUT2D eigenvalue weighted by molar-refractivity contribution is 0.365. The van der Waals surface area contributed by atoms with Crippen LogP contribution in [-0.4, -0.2) is 14.9 Å². The molecule has 0 bridgehead atoms. The van der Waals surface area contributed by atoms with Crippen molar-refractivity contribution in [3.63, 3.8) is 0 Å². The van der Waals surface area contributed by atoms with Gasteiger partial charge in [-0.1, -0.05) is 5.16 Å². The molecule has 0 radical (unpaired) electrons. The molecular formula is C10H14N4O. The average molecular weight is 206 g/mol. The number of aromatic nitrogens is 3. The third-order valence-electron chi connectivity index (χ3n) is 2.23. The zero-order valence-corrected chi connectivity index (χ0v) is 8.90. The zero-order chi connectivity index (χ0) is 10.8. The van der Waals surface area contributed by atoms with Crippen LogP contribution in [-0.2, 0) is 13.1 Å². The number of hydrogen-bond acceptors (Lipinski definition) is 4. The molecule has 15 heavy (non-hydrogen) atoms. The molecule has 0 unspecified atom stereocenters. The van der Waals surface area contributed by atoms with Crippen molar-refractivity contribution in [3.05, 3.63) is 35.0 Å². The number of aryl methyl sites for hydroxylation is 2. The molecule has 0 saturated heterocycles. The molecule has 2 rings (SSSR count). The second-order valence-corrected chi connectivity index (χ2v) is 3.57. The molecule has 5 heteroatoms. The predicted molar refractivity (Wildman–Crippen MR) is 55.2 cm³/mol. The van der Waals surface area contributed by atoms with Crippen LogP contribution in [0.5, 0.6) is 0 Å². The molecule has 0 fully saturated rings. The zero-order valence-electron chi connectivity index (χ0n) is 8.90. The van der Waals surface area contributed by atoms with Gasteiger partial charge in [-0.3, -0.25) is 4.68 Å². The second-order valence-electron chi connectivity index (χ2n) is 3.57. The number of hydrogen-bond donors (Lipinski definition) is 1. The Balaban J connectivity index is 2.17. The fraction of sp³-hybridized carbons (Fsp3) is 0.400. The van der Waals surface area contributed by atoms with Crippen molar-refractivity contribution < 1.29 is 4.52 Å². The lowest BCUT2D eigenvalue weighted by atomic mass is 10.3. The van der Waals surface area contributed by atoms with Crippen molar-refractivity contribution in [2.75, 3.05) is 0 Å². The van der Waals surface area contributed by atoms with E-state index in [2.05, 4.69) is 10.3 Å². The van der Waals surface area contributed by atoms with Gasteiger partial charge >= 0.3 is 0 Å². The van der Waals surface area contributed by atoms with E-state index in [-0.39, 0.29) is 0 Å². The fourth-order valence-electron chi connectivity index (χ4n) is 1.51. The van der Waals surface area contributed by atoms with Crippen LogP contribution in [0.1, 0.15) is 22.8 Å². The van der Waals surface area contributed by atoms with E-state index >= 15 is 0 Å². The van der Waals surface area contributed by atoms with Gasteiger partial charge in [0.25, 0.3) is 0 Å². The first-order valence-electron chi connectivity index (χ1n) is 4.84. The molecule has 0 aromatic carbocycles. The highest BCUT2D eigenvalue weighted by atomic mass is 16.5. The standard InChI is InChI=1S/C10H14N4O/c1-7-3-8(2)14(12-7)6-10-4-9(5-11)13-15-10/h3-4H,5-6,11H2,1-2H3. The Bertz CT molecular complexity index is 458. The summed E-state index contributed by atoms with van der Waals surface area (Å²) >= 11 is 0. The van der Waals surface area contributed by atoms with E-state index in [0.717, 1.165) is 22.8 Å². The van der Waals surface area contributed by atoms with Crippen molar-refractivity contribution in [1.82, 2.24) is 14.9 Å². The molecule has 2 aromatic heterocycles. The number of nitrogens with two attached hydrogens (primary N) is 1. The quantitative estimate of drug-likeness (QED) is 0.813. The van der Waals surface area contributed by atoms with E-state index in [1.807, 2.05) is 30.7 Å². The maximum atomic E-state index is 5.45. The van der Waals surface area contributed by atoms with Crippen LogP contribution in [0.25, 0.3) is 0 Å². The van der Waals surface area contributed by atoms with Gasteiger partial charge in [-0.25, -0.2) is 0 Å².